The number of hydrogen-bond acceptors (Lipinski definition) is 1. The van der Waals surface area contributed by atoms with Gasteiger partial charge in [-0.1, -0.05) is 72.8 Å². The van der Waals surface area contributed by atoms with E-state index in [2.05, 4.69) is 40.6 Å². The first-order valence-electron chi connectivity index (χ1n) is 8.86. The summed E-state index contributed by atoms with van der Waals surface area (Å²) in [4.78, 5) is 16.3. The molecule has 0 aliphatic carbocycles. The van der Waals surface area contributed by atoms with Gasteiger partial charge < -0.3 is 10.3 Å². The van der Waals surface area contributed by atoms with Gasteiger partial charge in [0.05, 0.1) is 6.04 Å². The quantitative estimate of drug-likeness (QED) is 0.538. The number of H-pyrrole nitrogens is 1. The zero-order chi connectivity index (χ0) is 17.5. The predicted octanol–water partition coefficient (Wildman–Crippen LogP) is 4.86. The Morgan fingerprint density at radius 2 is 1.54 bits per heavy atom. The van der Waals surface area contributed by atoms with Gasteiger partial charge in [-0.05, 0) is 29.2 Å². The van der Waals surface area contributed by atoms with Gasteiger partial charge in [-0.2, -0.15) is 0 Å². The fraction of sp³-hybridized carbons (Fsp3) is 0.0870. The first-order valence-corrected chi connectivity index (χ1v) is 8.86. The van der Waals surface area contributed by atoms with Crippen molar-refractivity contribution in [1.82, 2.24) is 10.3 Å². The Hall–Kier alpha value is -3.33. The smallest absolute Gasteiger partial charge is 0.268 e. The number of carbonyl (C=O) groups excluding carboxylic acids is 1. The molecule has 0 saturated carbocycles. The molecule has 5 rings (SSSR count). The highest BCUT2D eigenvalue weighted by molar-refractivity contribution is 6.11. The summed E-state index contributed by atoms with van der Waals surface area (Å²) in [7, 11) is 0. The number of carbonyl (C=O) groups is 1. The number of amides is 1. The third-order valence-electron chi connectivity index (χ3n) is 5.13. The Kier molecular flexibility index (Phi) is 3.39. The topological polar surface area (TPSA) is 44.9 Å². The van der Waals surface area contributed by atoms with E-state index in [1.54, 1.807) is 0 Å². The molecule has 1 atom stereocenters. The van der Waals surface area contributed by atoms with Crippen LogP contribution in [-0.4, -0.2) is 10.9 Å². The Morgan fingerprint density at radius 1 is 0.808 bits per heavy atom. The number of aromatic amines is 1. The van der Waals surface area contributed by atoms with Crippen molar-refractivity contribution in [3.63, 3.8) is 0 Å². The van der Waals surface area contributed by atoms with Crippen LogP contribution in [0, 0.1) is 0 Å². The first-order chi connectivity index (χ1) is 12.8. The van der Waals surface area contributed by atoms with E-state index < -0.39 is 0 Å². The molecule has 3 aromatic carbocycles. The third kappa shape index (κ3) is 2.32. The predicted molar refractivity (Wildman–Crippen MR) is 104 cm³/mol. The van der Waals surface area contributed by atoms with Crippen LogP contribution in [0.4, 0.5) is 0 Å². The Labute approximate surface area is 151 Å². The average molecular weight is 338 g/mol. The molecule has 3 nitrogen and oxygen atoms in total. The van der Waals surface area contributed by atoms with E-state index >= 15 is 0 Å². The molecule has 0 saturated heterocycles. The van der Waals surface area contributed by atoms with Crippen molar-refractivity contribution in [2.45, 2.75) is 12.5 Å². The molecular formula is C23H18N2O. The van der Waals surface area contributed by atoms with E-state index in [-0.39, 0.29) is 11.9 Å². The number of fused-ring (bicyclic) bond motifs is 5. The van der Waals surface area contributed by atoms with Crippen LogP contribution in [0.1, 0.15) is 27.7 Å². The van der Waals surface area contributed by atoms with E-state index in [1.807, 2.05) is 48.5 Å². The van der Waals surface area contributed by atoms with Crippen LogP contribution in [0.15, 0.2) is 78.9 Å². The maximum atomic E-state index is 13.0. The summed E-state index contributed by atoms with van der Waals surface area (Å²) in [6, 6.07) is 26.7. The largest absolute Gasteiger partial charge is 0.350 e. The van der Waals surface area contributed by atoms with Crippen molar-refractivity contribution < 1.29 is 4.79 Å². The molecule has 2 N–H and O–H groups in total. The van der Waals surface area contributed by atoms with E-state index in [4.69, 9.17) is 0 Å². The highest BCUT2D eigenvalue weighted by atomic mass is 16.2. The van der Waals surface area contributed by atoms with E-state index in [0.717, 1.165) is 34.0 Å². The summed E-state index contributed by atoms with van der Waals surface area (Å²) >= 11 is 0. The van der Waals surface area contributed by atoms with Crippen LogP contribution >= 0.6 is 0 Å². The fourth-order valence-corrected chi connectivity index (χ4v) is 3.94. The highest BCUT2D eigenvalue weighted by Crippen LogP contribution is 2.39. The lowest BCUT2D eigenvalue weighted by Gasteiger charge is -2.19. The molecule has 0 radical (unpaired) electrons. The fourth-order valence-electron chi connectivity index (χ4n) is 3.94. The molecule has 0 fully saturated rings. The minimum atomic E-state index is -0.0549. The normalized spacial score (nSPS) is 15.8. The SMILES string of the molecule is O=C1NC(Cc2ccccc2)c2ccccc2-c2c1[nH]c1ccccc21. The number of hydrogen-bond donors (Lipinski definition) is 2. The summed E-state index contributed by atoms with van der Waals surface area (Å²) in [6.45, 7) is 0. The molecule has 0 bridgehead atoms. The summed E-state index contributed by atoms with van der Waals surface area (Å²) in [5, 5.41) is 4.32. The van der Waals surface area contributed by atoms with Gasteiger partial charge in [0, 0.05) is 16.5 Å². The molecule has 1 unspecified atom stereocenters. The second-order valence-electron chi connectivity index (χ2n) is 6.72. The lowest BCUT2D eigenvalue weighted by Crippen LogP contribution is -2.29. The number of aromatic nitrogens is 1. The van der Waals surface area contributed by atoms with Crippen molar-refractivity contribution in [3.8, 4) is 11.1 Å². The minimum Gasteiger partial charge on any atom is -0.350 e. The van der Waals surface area contributed by atoms with Gasteiger partial charge in [0.2, 0.25) is 0 Å². The average Bonchev–Trinajstić information content (AvgIpc) is 3.03. The lowest BCUT2D eigenvalue weighted by atomic mass is 9.91. The Morgan fingerprint density at radius 3 is 2.42 bits per heavy atom. The molecule has 0 spiro atoms. The third-order valence-corrected chi connectivity index (χ3v) is 5.13. The molecule has 26 heavy (non-hydrogen) atoms. The zero-order valence-electron chi connectivity index (χ0n) is 14.2. The van der Waals surface area contributed by atoms with Gasteiger partial charge in [-0.25, -0.2) is 0 Å². The molecule has 2 heterocycles. The van der Waals surface area contributed by atoms with Crippen molar-refractivity contribution >= 4 is 16.8 Å². The Balaban J connectivity index is 1.71. The molecule has 1 amide bonds. The second kappa shape index (κ2) is 5.88. The molecular weight excluding hydrogens is 320 g/mol. The summed E-state index contributed by atoms with van der Waals surface area (Å²) in [6.07, 6.45) is 0.770. The van der Waals surface area contributed by atoms with Crippen molar-refractivity contribution in [2.24, 2.45) is 0 Å². The van der Waals surface area contributed by atoms with Gasteiger partial charge >= 0.3 is 0 Å². The lowest BCUT2D eigenvalue weighted by molar-refractivity contribution is 0.0934. The standard InChI is InChI=1S/C23H18N2O/c26-23-22-21(18-12-6-7-13-19(18)24-22)17-11-5-4-10-16(17)20(25-23)14-15-8-2-1-3-9-15/h1-13,20,24H,14H2,(H,25,26). The maximum absolute atomic E-state index is 13.0. The first kappa shape index (κ1) is 15.0. The van der Waals surface area contributed by atoms with Crippen LogP contribution in [-0.2, 0) is 6.42 Å². The van der Waals surface area contributed by atoms with Crippen LogP contribution in [0.5, 0.6) is 0 Å². The van der Waals surface area contributed by atoms with Crippen LogP contribution in [0.2, 0.25) is 0 Å². The van der Waals surface area contributed by atoms with Crippen LogP contribution < -0.4 is 5.32 Å². The summed E-state index contributed by atoms with van der Waals surface area (Å²) in [5.41, 5.74) is 6.14. The van der Waals surface area contributed by atoms with Gasteiger partial charge in [0.1, 0.15) is 5.69 Å². The van der Waals surface area contributed by atoms with Gasteiger partial charge in [0.15, 0.2) is 0 Å². The molecule has 1 aromatic heterocycles. The van der Waals surface area contributed by atoms with E-state index in [9.17, 15) is 4.79 Å². The summed E-state index contributed by atoms with van der Waals surface area (Å²) in [5.74, 6) is -0.0478. The number of para-hydroxylation sites is 1. The van der Waals surface area contributed by atoms with Crippen LogP contribution in [0.25, 0.3) is 22.0 Å². The molecule has 126 valence electrons. The molecule has 1 aliphatic heterocycles. The Bertz CT molecular complexity index is 1110. The van der Waals surface area contributed by atoms with Crippen molar-refractivity contribution in [3.05, 3.63) is 95.7 Å². The van der Waals surface area contributed by atoms with E-state index in [1.165, 1.54) is 5.56 Å². The minimum absolute atomic E-state index is 0.0478. The molecule has 3 heteroatoms. The molecule has 4 aromatic rings. The number of benzene rings is 3. The summed E-state index contributed by atoms with van der Waals surface area (Å²) < 4.78 is 0. The maximum Gasteiger partial charge on any atom is 0.268 e. The van der Waals surface area contributed by atoms with Crippen LogP contribution in [0.3, 0.4) is 0 Å². The number of nitrogens with one attached hydrogen (secondary N) is 2. The zero-order valence-corrected chi connectivity index (χ0v) is 14.2. The van der Waals surface area contributed by atoms with Gasteiger partial charge in [-0.15, -0.1) is 0 Å². The molecule has 1 aliphatic rings. The second-order valence-corrected chi connectivity index (χ2v) is 6.72. The van der Waals surface area contributed by atoms with Gasteiger partial charge in [0.25, 0.3) is 5.91 Å². The van der Waals surface area contributed by atoms with Crippen molar-refractivity contribution in [1.29, 1.82) is 0 Å². The van der Waals surface area contributed by atoms with Crippen molar-refractivity contribution in [2.75, 3.05) is 0 Å². The van der Waals surface area contributed by atoms with Gasteiger partial charge in [-0.3, -0.25) is 4.79 Å². The number of rotatable bonds is 2. The highest BCUT2D eigenvalue weighted by Gasteiger charge is 2.29. The monoisotopic (exact) mass is 338 g/mol. The van der Waals surface area contributed by atoms with E-state index in [0.29, 0.717) is 5.69 Å².